The number of nitrogen functional groups attached to an aromatic ring is 1. The van der Waals surface area contributed by atoms with Crippen molar-refractivity contribution in [1.82, 2.24) is 25.3 Å². The molecular formula is C13H13N7. The van der Waals surface area contributed by atoms with Crippen LogP contribution in [0.4, 0.5) is 11.5 Å². The second-order valence-electron chi connectivity index (χ2n) is 4.87. The highest BCUT2D eigenvalue weighted by atomic mass is 15.6. The number of rotatable bonds is 1. The molecule has 1 aliphatic rings. The van der Waals surface area contributed by atoms with Gasteiger partial charge >= 0.3 is 0 Å². The van der Waals surface area contributed by atoms with E-state index in [2.05, 4.69) is 31.6 Å². The SMILES string of the molecule is Nc1cccc2c1CN(c1ccc3nnnn3n1)CC2. The molecule has 0 saturated heterocycles. The lowest BCUT2D eigenvalue weighted by Gasteiger charge is -2.30. The molecule has 20 heavy (non-hydrogen) atoms. The van der Waals surface area contributed by atoms with Crippen molar-refractivity contribution in [2.75, 3.05) is 17.2 Å². The molecule has 4 rings (SSSR count). The summed E-state index contributed by atoms with van der Waals surface area (Å²) in [5.74, 6) is 0.860. The number of nitrogens with zero attached hydrogens (tertiary/aromatic N) is 6. The van der Waals surface area contributed by atoms with E-state index in [0.717, 1.165) is 31.0 Å². The van der Waals surface area contributed by atoms with E-state index < -0.39 is 0 Å². The van der Waals surface area contributed by atoms with Crippen molar-refractivity contribution >= 4 is 17.2 Å². The van der Waals surface area contributed by atoms with Crippen molar-refractivity contribution in [3.05, 3.63) is 41.5 Å². The smallest absolute Gasteiger partial charge is 0.200 e. The lowest BCUT2D eigenvalue weighted by Crippen LogP contribution is -2.32. The van der Waals surface area contributed by atoms with E-state index in [-0.39, 0.29) is 0 Å². The fraction of sp³-hybridized carbons (Fsp3) is 0.231. The van der Waals surface area contributed by atoms with E-state index in [1.165, 1.54) is 15.8 Å². The minimum atomic E-state index is 0.644. The second kappa shape index (κ2) is 4.16. The molecule has 0 spiro atoms. The van der Waals surface area contributed by atoms with Crippen LogP contribution in [0.5, 0.6) is 0 Å². The van der Waals surface area contributed by atoms with Gasteiger partial charge in [-0.25, -0.2) is 0 Å². The van der Waals surface area contributed by atoms with Crippen LogP contribution in [0.3, 0.4) is 0 Å². The lowest BCUT2D eigenvalue weighted by molar-refractivity contribution is 0.680. The van der Waals surface area contributed by atoms with E-state index in [4.69, 9.17) is 5.73 Å². The van der Waals surface area contributed by atoms with Gasteiger partial charge in [0.25, 0.3) is 0 Å². The molecule has 0 bridgehead atoms. The van der Waals surface area contributed by atoms with E-state index >= 15 is 0 Å². The molecule has 0 radical (unpaired) electrons. The van der Waals surface area contributed by atoms with Crippen molar-refractivity contribution < 1.29 is 0 Å². The van der Waals surface area contributed by atoms with Crippen LogP contribution in [-0.2, 0) is 13.0 Å². The average molecular weight is 267 g/mol. The first kappa shape index (κ1) is 11.2. The molecule has 0 atom stereocenters. The quantitative estimate of drug-likeness (QED) is 0.652. The third-order valence-electron chi connectivity index (χ3n) is 3.69. The van der Waals surface area contributed by atoms with E-state index in [1.807, 2.05) is 24.3 Å². The van der Waals surface area contributed by atoms with E-state index in [0.29, 0.717) is 5.65 Å². The fourth-order valence-electron chi connectivity index (χ4n) is 2.61. The summed E-state index contributed by atoms with van der Waals surface area (Å²) in [5, 5.41) is 15.7. The van der Waals surface area contributed by atoms with Gasteiger partial charge in [-0.15, -0.1) is 14.8 Å². The highest BCUT2D eigenvalue weighted by Gasteiger charge is 2.19. The van der Waals surface area contributed by atoms with Crippen LogP contribution >= 0.6 is 0 Å². The zero-order valence-corrected chi connectivity index (χ0v) is 10.8. The van der Waals surface area contributed by atoms with Gasteiger partial charge in [0.1, 0.15) is 0 Å². The Hall–Kier alpha value is -2.70. The van der Waals surface area contributed by atoms with Crippen molar-refractivity contribution in [3.63, 3.8) is 0 Å². The van der Waals surface area contributed by atoms with Crippen molar-refractivity contribution in [2.45, 2.75) is 13.0 Å². The molecule has 0 amide bonds. The van der Waals surface area contributed by atoms with Gasteiger partial charge < -0.3 is 10.6 Å². The van der Waals surface area contributed by atoms with Crippen molar-refractivity contribution in [2.24, 2.45) is 0 Å². The summed E-state index contributed by atoms with van der Waals surface area (Å²) in [4.78, 5) is 2.19. The van der Waals surface area contributed by atoms with Crippen molar-refractivity contribution in [3.8, 4) is 0 Å². The number of hydrogen-bond acceptors (Lipinski definition) is 6. The van der Waals surface area contributed by atoms with Gasteiger partial charge in [-0.2, -0.15) is 0 Å². The largest absolute Gasteiger partial charge is 0.398 e. The number of nitrogens with two attached hydrogens (primary N) is 1. The molecule has 1 aliphatic heterocycles. The standard InChI is InChI=1S/C13H13N7/c14-11-3-1-2-9-6-7-19(8-10(9)11)13-5-4-12-15-17-18-20(12)16-13/h1-5H,6-8,14H2. The van der Waals surface area contributed by atoms with Crippen LogP contribution in [0, 0.1) is 0 Å². The van der Waals surface area contributed by atoms with Gasteiger partial charge in [-0.1, -0.05) is 12.1 Å². The minimum absolute atomic E-state index is 0.644. The molecule has 7 nitrogen and oxygen atoms in total. The van der Waals surface area contributed by atoms with Gasteiger partial charge in [-0.3, -0.25) is 0 Å². The van der Waals surface area contributed by atoms with E-state index in [9.17, 15) is 0 Å². The highest BCUT2D eigenvalue weighted by molar-refractivity contribution is 5.56. The summed E-state index contributed by atoms with van der Waals surface area (Å²) in [7, 11) is 0. The number of anilines is 2. The molecule has 0 fully saturated rings. The number of hydrogen-bond donors (Lipinski definition) is 1. The van der Waals surface area contributed by atoms with Crippen LogP contribution in [0.25, 0.3) is 5.65 Å². The summed E-state index contributed by atoms with van der Waals surface area (Å²) < 4.78 is 1.44. The van der Waals surface area contributed by atoms with Gasteiger partial charge in [0, 0.05) is 18.8 Å². The molecule has 2 N–H and O–H groups in total. The molecule has 3 heterocycles. The Morgan fingerprint density at radius 2 is 2.10 bits per heavy atom. The van der Waals surface area contributed by atoms with Crippen LogP contribution in [-0.4, -0.2) is 31.8 Å². The third kappa shape index (κ3) is 1.67. The maximum Gasteiger partial charge on any atom is 0.200 e. The second-order valence-corrected chi connectivity index (χ2v) is 4.87. The third-order valence-corrected chi connectivity index (χ3v) is 3.69. The molecule has 7 heteroatoms. The van der Waals surface area contributed by atoms with Crippen LogP contribution in [0.2, 0.25) is 0 Å². The van der Waals surface area contributed by atoms with Gasteiger partial charge in [0.15, 0.2) is 11.5 Å². The maximum absolute atomic E-state index is 6.07. The molecule has 2 aromatic heterocycles. The Bertz CT molecular complexity index is 779. The minimum Gasteiger partial charge on any atom is -0.398 e. The molecule has 0 aliphatic carbocycles. The van der Waals surface area contributed by atoms with Crippen molar-refractivity contribution in [1.29, 1.82) is 0 Å². The molecule has 3 aromatic rings. The van der Waals surface area contributed by atoms with Gasteiger partial charge in [-0.05, 0) is 46.2 Å². The Labute approximate surface area is 115 Å². The number of fused-ring (bicyclic) bond motifs is 2. The van der Waals surface area contributed by atoms with Gasteiger partial charge in [0.2, 0.25) is 0 Å². The summed E-state index contributed by atoms with van der Waals surface area (Å²) >= 11 is 0. The maximum atomic E-state index is 6.07. The fourth-order valence-corrected chi connectivity index (χ4v) is 2.61. The first-order valence-corrected chi connectivity index (χ1v) is 6.48. The Balaban J connectivity index is 1.72. The van der Waals surface area contributed by atoms with Gasteiger partial charge in [0.05, 0.1) is 0 Å². The lowest BCUT2D eigenvalue weighted by atomic mass is 9.98. The predicted octanol–water partition coefficient (Wildman–Crippen LogP) is 0.664. The first-order chi connectivity index (χ1) is 9.81. The molecule has 0 saturated carbocycles. The topological polar surface area (TPSA) is 85.2 Å². The van der Waals surface area contributed by atoms with Crippen LogP contribution in [0.15, 0.2) is 30.3 Å². The summed E-state index contributed by atoms with van der Waals surface area (Å²) in [6.45, 7) is 1.68. The zero-order valence-electron chi connectivity index (χ0n) is 10.8. The average Bonchev–Trinajstić information content (AvgIpc) is 2.95. The monoisotopic (exact) mass is 267 g/mol. The summed E-state index contributed by atoms with van der Waals surface area (Å²) in [6.07, 6.45) is 0.968. The molecule has 100 valence electrons. The van der Waals surface area contributed by atoms with Crippen LogP contribution < -0.4 is 10.6 Å². The summed E-state index contributed by atoms with van der Waals surface area (Å²) in [5.41, 5.74) is 10.1. The number of tetrazole rings is 1. The molecule has 0 unspecified atom stereocenters. The number of benzene rings is 1. The summed E-state index contributed by atoms with van der Waals surface area (Å²) in [6, 6.07) is 9.90. The molecule has 1 aromatic carbocycles. The Morgan fingerprint density at radius 3 is 3.05 bits per heavy atom. The zero-order chi connectivity index (χ0) is 13.5. The first-order valence-electron chi connectivity index (χ1n) is 6.48. The van der Waals surface area contributed by atoms with E-state index in [1.54, 1.807) is 0 Å². The highest BCUT2D eigenvalue weighted by Crippen LogP contribution is 2.26. The van der Waals surface area contributed by atoms with Crippen LogP contribution in [0.1, 0.15) is 11.1 Å². The normalized spacial score (nSPS) is 14.5. The predicted molar refractivity (Wildman–Crippen MR) is 74.2 cm³/mol. The Kier molecular flexibility index (Phi) is 2.32. The number of aromatic nitrogens is 5. The Morgan fingerprint density at radius 1 is 1.15 bits per heavy atom. The molecular weight excluding hydrogens is 254 g/mol.